The van der Waals surface area contributed by atoms with Gasteiger partial charge in [0, 0.05) is 9.86 Å². The number of nitrogens with one attached hydrogen (secondary N) is 1. The highest BCUT2D eigenvalue weighted by atomic mass is 79.9. The van der Waals surface area contributed by atoms with Gasteiger partial charge in [-0.1, -0.05) is 35.8 Å². The van der Waals surface area contributed by atoms with E-state index < -0.39 is 0 Å². The van der Waals surface area contributed by atoms with Crippen molar-refractivity contribution in [1.29, 1.82) is 0 Å². The fourth-order valence-corrected chi connectivity index (χ4v) is 2.20. The van der Waals surface area contributed by atoms with E-state index in [4.69, 9.17) is 5.84 Å². The van der Waals surface area contributed by atoms with Gasteiger partial charge in [0.25, 0.3) is 0 Å². The Morgan fingerprint density at radius 3 is 2.75 bits per heavy atom. The summed E-state index contributed by atoms with van der Waals surface area (Å²) in [6.45, 7) is 4.21. The molecular weight excluding hydrogens is 266 g/mol. The van der Waals surface area contributed by atoms with Crippen LogP contribution in [-0.4, -0.2) is 4.98 Å². The number of nitrogens with zero attached hydrogens (tertiary/aromatic N) is 1. The van der Waals surface area contributed by atoms with Gasteiger partial charge in [0.05, 0.1) is 16.9 Å². The Kier molecular flexibility index (Phi) is 3.12. The number of hydrazine groups is 1. The summed E-state index contributed by atoms with van der Waals surface area (Å²) < 4.78 is 1.03. The molecule has 0 aliphatic rings. The number of nitrogens with two attached hydrogens (primary N) is 1. The van der Waals surface area contributed by atoms with E-state index in [1.54, 1.807) is 0 Å². The van der Waals surface area contributed by atoms with Gasteiger partial charge in [-0.25, -0.2) is 0 Å². The summed E-state index contributed by atoms with van der Waals surface area (Å²) in [6, 6.07) is 8.02. The molecule has 1 heterocycles. The predicted molar refractivity (Wildman–Crippen MR) is 71.3 cm³/mol. The van der Waals surface area contributed by atoms with Crippen molar-refractivity contribution >= 4 is 32.5 Å². The lowest BCUT2D eigenvalue weighted by molar-refractivity contribution is 0.831. The highest BCUT2D eigenvalue weighted by molar-refractivity contribution is 9.10. The van der Waals surface area contributed by atoms with E-state index >= 15 is 0 Å². The minimum absolute atomic E-state index is 0.342. The zero-order chi connectivity index (χ0) is 11.7. The van der Waals surface area contributed by atoms with Crippen LogP contribution in [0.25, 0.3) is 10.9 Å². The number of aromatic nitrogens is 1. The molecule has 1 aromatic heterocycles. The number of anilines is 1. The molecule has 3 nitrogen and oxygen atoms in total. The van der Waals surface area contributed by atoms with Crippen LogP contribution in [0.4, 0.5) is 5.69 Å². The summed E-state index contributed by atoms with van der Waals surface area (Å²) in [4.78, 5) is 4.63. The summed E-state index contributed by atoms with van der Waals surface area (Å²) in [5.41, 5.74) is 5.57. The number of hydrogen-bond donors (Lipinski definition) is 2. The molecule has 0 saturated heterocycles. The third-order valence-electron chi connectivity index (χ3n) is 2.54. The maximum absolute atomic E-state index is 5.52. The monoisotopic (exact) mass is 279 g/mol. The smallest absolute Gasteiger partial charge is 0.0718 e. The zero-order valence-corrected chi connectivity index (χ0v) is 10.9. The standard InChI is InChI=1S/C12H14BrN3/c1-7(2)12-11(16-14)6-8-9(13)4-3-5-10(8)15-12/h3-7,16H,14H2,1-2H3. The second-order valence-electron chi connectivity index (χ2n) is 4.03. The lowest BCUT2D eigenvalue weighted by Crippen LogP contribution is -2.11. The predicted octanol–water partition coefficient (Wildman–Crippen LogP) is 3.41. The van der Waals surface area contributed by atoms with Crippen LogP contribution in [0.3, 0.4) is 0 Å². The highest BCUT2D eigenvalue weighted by Gasteiger charge is 2.10. The van der Waals surface area contributed by atoms with E-state index in [0.717, 1.165) is 26.8 Å². The average Bonchev–Trinajstić information content (AvgIpc) is 2.28. The van der Waals surface area contributed by atoms with Crippen LogP contribution in [0.15, 0.2) is 28.7 Å². The summed E-state index contributed by atoms with van der Waals surface area (Å²) in [7, 11) is 0. The van der Waals surface area contributed by atoms with Gasteiger partial charge in [0.1, 0.15) is 0 Å². The van der Waals surface area contributed by atoms with E-state index in [-0.39, 0.29) is 0 Å². The number of pyridine rings is 1. The van der Waals surface area contributed by atoms with Crippen molar-refractivity contribution in [1.82, 2.24) is 4.98 Å². The first kappa shape index (κ1) is 11.4. The van der Waals surface area contributed by atoms with Gasteiger partial charge >= 0.3 is 0 Å². The molecule has 0 atom stereocenters. The molecule has 0 spiro atoms. The molecule has 2 aromatic rings. The summed E-state index contributed by atoms with van der Waals surface area (Å²) in [5, 5.41) is 1.07. The SMILES string of the molecule is CC(C)c1nc2cccc(Br)c2cc1NN. The van der Waals surface area contributed by atoms with Gasteiger partial charge in [-0.15, -0.1) is 0 Å². The van der Waals surface area contributed by atoms with Gasteiger partial charge in [-0.2, -0.15) is 0 Å². The van der Waals surface area contributed by atoms with Gasteiger partial charge in [-0.05, 0) is 24.1 Å². The number of benzene rings is 1. The van der Waals surface area contributed by atoms with E-state index in [9.17, 15) is 0 Å². The van der Waals surface area contributed by atoms with Gasteiger partial charge in [-0.3, -0.25) is 10.8 Å². The summed E-state index contributed by atoms with van der Waals surface area (Å²) in [6.07, 6.45) is 0. The van der Waals surface area contributed by atoms with Crippen LogP contribution in [0.2, 0.25) is 0 Å². The van der Waals surface area contributed by atoms with Crippen molar-refractivity contribution in [3.63, 3.8) is 0 Å². The molecule has 4 heteroatoms. The zero-order valence-electron chi connectivity index (χ0n) is 9.29. The molecule has 2 rings (SSSR count). The molecule has 0 fully saturated rings. The quantitative estimate of drug-likeness (QED) is 0.654. The molecule has 16 heavy (non-hydrogen) atoms. The van der Waals surface area contributed by atoms with Crippen LogP contribution in [0, 0.1) is 0 Å². The second-order valence-corrected chi connectivity index (χ2v) is 4.88. The number of fused-ring (bicyclic) bond motifs is 1. The molecule has 0 aliphatic heterocycles. The van der Waals surface area contributed by atoms with Crippen LogP contribution < -0.4 is 11.3 Å². The second kappa shape index (κ2) is 4.39. The molecule has 0 unspecified atom stereocenters. The molecular formula is C12H14BrN3. The van der Waals surface area contributed by atoms with Crippen LogP contribution in [-0.2, 0) is 0 Å². The lowest BCUT2D eigenvalue weighted by atomic mass is 10.1. The van der Waals surface area contributed by atoms with Gasteiger partial charge < -0.3 is 5.43 Å². The summed E-state index contributed by atoms with van der Waals surface area (Å²) in [5.74, 6) is 5.87. The first-order valence-electron chi connectivity index (χ1n) is 5.19. The van der Waals surface area contributed by atoms with Crippen molar-refractivity contribution in [2.75, 3.05) is 5.43 Å². The normalized spacial score (nSPS) is 11.1. The van der Waals surface area contributed by atoms with Gasteiger partial charge in [0.15, 0.2) is 0 Å². The Balaban J connectivity index is 2.75. The van der Waals surface area contributed by atoms with E-state index in [1.807, 2.05) is 24.3 Å². The largest absolute Gasteiger partial charge is 0.322 e. The van der Waals surface area contributed by atoms with Crippen LogP contribution in [0.1, 0.15) is 25.5 Å². The van der Waals surface area contributed by atoms with Crippen LogP contribution in [0.5, 0.6) is 0 Å². The number of halogens is 1. The van der Waals surface area contributed by atoms with Crippen LogP contribution >= 0.6 is 15.9 Å². The Hall–Kier alpha value is -1.13. The Morgan fingerprint density at radius 1 is 1.38 bits per heavy atom. The third-order valence-corrected chi connectivity index (χ3v) is 3.23. The fraction of sp³-hybridized carbons (Fsp3) is 0.250. The van der Waals surface area contributed by atoms with E-state index in [2.05, 4.69) is 40.2 Å². The molecule has 3 N–H and O–H groups in total. The number of hydrogen-bond acceptors (Lipinski definition) is 3. The molecule has 0 saturated carbocycles. The average molecular weight is 280 g/mol. The molecule has 0 radical (unpaired) electrons. The Labute approximate surface area is 103 Å². The molecule has 1 aromatic carbocycles. The lowest BCUT2D eigenvalue weighted by Gasteiger charge is -2.13. The van der Waals surface area contributed by atoms with E-state index in [1.165, 1.54) is 0 Å². The number of nitrogen functional groups attached to an aromatic ring is 1. The Bertz CT molecular complexity index is 523. The molecule has 84 valence electrons. The minimum atomic E-state index is 0.342. The van der Waals surface area contributed by atoms with Crippen molar-refractivity contribution in [2.24, 2.45) is 5.84 Å². The van der Waals surface area contributed by atoms with Crippen molar-refractivity contribution in [3.8, 4) is 0 Å². The number of rotatable bonds is 2. The van der Waals surface area contributed by atoms with Crippen molar-refractivity contribution in [2.45, 2.75) is 19.8 Å². The summed E-state index contributed by atoms with van der Waals surface area (Å²) >= 11 is 3.51. The third kappa shape index (κ3) is 1.90. The maximum Gasteiger partial charge on any atom is 0.0718 e. The Morgan fingerprint density at radius 2 is 2.12 bits per heavy atom. The first-order chi connectivity index (χ1) is 7.63. The molecule has 0 aliphatic carbocycles. The highest BCUT2D eigenvalue weighted by Crippen LogP contribution is 2.29. The van der Waals surface area contributed by atoms with Gasteiger partial charge in [0.2, 0.25) is 0 Å². The molecule has 0 bridgehead atoms. The maximum atomic E-state index is 5.52. The van der Waals surface area contributed by atoms with Crippen molar-refractivity contribution in [3.05, 3.63) is 34.4 Å². The van der Waals surface area contributed by atoms with E-state index in [0.29, 0.717) is 5.92 Å². The topological polar surface area (TPSA) is 50.9 Å². The minimum Gasteiger partial charge on any atom is -0.322 e. The van der Waals surface area contributed by atoms with Crippen molar-refractivity contribution < 1.29 is 0 Å². The fourth-order valence-electron chi connectivity index (χ4n) is 1.73. The molecule has 0 amide bonds. The first-order valence-corrected chi connectivity index (χ1v) is 5.98.